The lowest BCUT2D eigenvalue weighted by Crippen LogP contribution is -2.47. The van der Waals surface area contributed by atoms with E-state index < -0.39 is 21.6 Å². The number of para-hydroxylation sites is 1. The smallest absolute Gasteiger partial charge is 0.361 e. The van der Waals surface area contributed by atoms with Gasteiger partial charge in [0.05, 0.1) is 18.6 Å². The van der Waals surface area contributed by atoms with E-state index in [1.807, 2.05) is 23.1 Å². The van der Waals surface area contributed by atoms with Crippen LogP contribution in [0.15, 0.2) is 61.3 Å². The number of hydrogen-bond donors (Lipinski definition) is 1. The van der Waals surface area contributed by atoms with Crippen LogP contribution < -0.4 is 4.90 Å². The number of benzene rings is 1. The number of anilines is 1. The third-order valence-electron chi connectivity index (χ3n) is 5.55. The molecular formula is C21H22F3N5O2S. The van der Waals surface area contributed by atoms with Gasteiger partial charge in [-0.25, -0.2) is 13.4 Å². The maximum Gasteiger partial charge on any atom is 0.511 e. The summed E-state index contributed by atoms with van der Waals surface area (Å²) in [6.45, 7) is -0.267. The number of alkyl halides is 3. The minimum Gasteiger partial charge on any atom is -0.361 e. The number of nitrogens with zero attached hydrogens (tertiary/aromatic N) is 4. The standard InChI is InChI=1S/C21H22F3N5O2S/c22-21(23,24)32(30,31)28-12-17-3-1-2-4-20(17)29(13-18-11-26-15-27-18)19(14-28)6-5-16-7-9-25-10-8-16/h1-4,7-11,15,19H,5-6,12-14H2,(H,26,27)/t19-/m0/s1. The Morgan fingerprint density at radius 1 is 1.09 bits per heavy atom. The molecule has 11 heteroatoms. The lowest BCUT2D eigenvalue weighted by Gasteiger charge is -2.34. The van der Waals surface area contributed by atoms with Gasteiger partial charge in [0.1, 0.15) is 0 Å². The van der Waals surface area contributed by atoms with Crippen LogP contribution in [0.25, 0.3) is 0 Å². The second-order valence-corrected chi connectivity index (χ2v) is 9.55. The van der Waals surface area contributed by atoms with Gasteiger partial charge >= 0.3 is 15.5 Å². The van der Waals surface area contributed by atoms with Crippen LogP contribution in [0.4, 0.5) is 18.9 Å². The SMILES string of the molecule is O=S(=O)(N1Cc2ccccc2N(Cc2cnc[nH]2)[C@@H](CCc2ccncc2)C1)C(F)(F)F. The highest BCUT2D eigenvalue weighted by molar-refractivity contribution is 7.89. The summed E-state index contributed by atoms with van der Waals surface area (Å²) in [5, 5.41) is 0. The number of halogens is 3. The topological polar surface area (TPSA) is 82.2 Å². The van der Waals surface area contributed by atoms with E-state index in [0.717, 1.165) is 11.3 Å². The number of imidazole rings is 1. The van der Waals surface area contributed by atoms with Crippen LogP contribution in [0, 0.1) is 0 Å². The van der Waals surface area contributed by atoms with E-state index in [-0.39, 0.29) is 13.1 Å². The summed E-state index contributed by atoms with van der Waals surface area (Å²) < 4.78 is 65.6. The molecule has 0 radical (unpaired) electrons. The average molecular weight is 466 g/mol. The van der Waals surface area contributed by atoms with Crippen molar-refractivity contribution in [3.8, 4) is 0 Å². The van der Waals surface area contributed by atoms with Gasteiger partial charge in [-0.05, 0) is 42.2 Å². The molecule has 1 aromatic carbocycles. The molecule has 0 saturated carbocycles. The Balaban J connectivity index is 1.73. The normalized spacial score (nSPS) is 17.7. The first-order valence-electron chi connectivity index (χ1n) is 10.0. The van der Waals surface area contributed by atoms with Crippen molar-refractivity contribution in [2.45, 2.75) is 37.5 Å². The highest BCUT2D eigenvalue weighted by Crippen LogP contribution is 2.35. The Kier molecular flexibility index (Phi) is 6.20. The van der Waals surface area contributed by atoms with Crippen LogP contribution in [0.3, 0.4) is 0 Å². The molecular weight excluding hydrogens is 443 g/mol. The number of nitrogens with one attached hydrogen (secondary N) is 1. The molecule has 0 amide bonds. The van der Waals surface area contributed by atoms with Crippen molar-refractivity contribution in [1.29, 1.82) is 0 Å². The summed E-state index contributed by atoms with van der Waals surface area (Å²) in [7, 11) is -5.49. The summed E-state index contributed by atoms with van der Waals surface area (Å²) in [5.74, 6) is 0. The highest BCUT2D eigenvalue weighted by Gasteiger charge is 2.51. The van der Waals surface area contributed by atoms with Crippen molar-refractivity contribution in [2.24, 2.45) is 0 Å². The van der Waals surface area contributed by atoms with Crippen molar-refractivity contribution in [2.75, 3.05) is 11.4 Å². The van der Waals surface area contributed by atoms with Gasteiger partial charge in [-0.1, -0.05) is 18.2 Å². The molecule has 1 atom stereocenters. The molecule has 32 heavy (non-hydrogen) atoms. The van der Waals surface area contributed by atoms with Gasteiger partial charge < -0.3 is 9.88 Å². The fourth-order valence-electron chi connectivity index (χ4n) is 3.94. The first-order valence-corrected chi connectivity index (χ1v) is 11.5. The maximum absolute atomic E-state index is 13.4. The molecule has 1 N–H and O–H groups in total. The molecule has 7 nitrogen and oxygen atoms in total. The fourth-order valence-corrected chi connectivity index (χ4v) is 4.91. The van der Waals surface area contributed by atoms with Crippen LogP contribution in [0.5, 0.6) is 0 Å². The maximum atomic E-state index is 13.4. The first kappa shape index (κ1) is 22.3. The predicted molar refractivity (Wildman–Crippen MR) is 113 cm³/mol. The van der Waals surface area contributed by atoms with E-state index in [2.05, 4.69) is 15.0 Å². The van der Waals surface area contributed by atoms with Crippen molar-refractivity contribution in [3.63, 3.8) is 0 Å². The highest BCUT2D eigenvalue weighted by atomic mass is 32.2. The summed E-state index contributed by atoms with van der Waals surface area (Å²) in [5.41, 5.74) is -2.38. The molecule has 0 bridgehead atoms. The number of aromatic amines is 1. The van der Waals surface area contributed by atoms with Gasteiger partial charge in [-0.15, -0.1) is 0 Å². The van der Waals surface area contributed by atoms with E-state index in [9.17, 15) is 21.6 Å². The van der Waals surface area contributed by atoms with E-state index in [0.29, 0.717) is 34.9 Å². The van der Waals surface area contributed by atoms with Crippen LogP contribution in [0.1, 0.15) is 23.2 Å². The minimum absolute atomic E-state index is 0.282. The number of hydrogen-bond acceptors (Lipinski definition) is 5. The molecule has 1 aliphatic heterocycles. The van der Waals surface area contributed by atoms with Gasteiger partial charge in [-0.2, -0.15) is 17.5 Å². The Bertz CT molecular complexity index is 1140. The monoisotopic (exact) mass is 465 g/mol. The van der Waals surface area contributed by atoms with Crippen molar-refractivity contribution < 1.29 is 21.6 Å². The molecule has 0 spiro atoms. The molecule has 3 aromatic rings. The summed E-state index contributed by atoms with van der Waals surface area (Å²) in [6.07, 6.45) is 7.51. The van der Waals surface area contributed by atoms with Crippen molar-refractivity contribution >= 4 is 15.7 Å². The summed E-state index contributed by atoms with van der Waals surface area (Å²) in [4.78, 5) is 13.0. The van der Waals surface area contributed by atoms with Crippen LogP contribution in [0.2, 0.25) is 0 Å². The number of H-pyrrole nitrogens is 1. The molecule has 0 fully saturated rings. The Morgan fingerprint density at radius 2 is 1.84 bits per heavy atom. The van der Waals surface area contributed by atoms with Crippen LogP contribution in [-0.4, -0.2) is 45.8 Å². The molecule has 1 aliphatic rings. The number of sulfonamides is 1. The molecule has 0 unspecified atom stereocenters. The molecule has 3 heterocycles. The predicted octanol–water partition coefficient (Wildman–Crippen LogP) is 3.48. The molecule has 4 rings (SSSR count). The molecule has 2 aromatic heterocycles. The van der Waals surface area contributed by atoms with E-state index >= 15 is 0 Å². The zero-order valence-electron chi connectivity index (χ0n) is 17.0. The second kappa shape index (κ2) is 8.91. The first-order chi connectivity index (χ1) is 15.3. The molecule has 0 saturated heterocycles. The van der Waals surface area contributed by atoms with Gasteiger partial charge in [-0.3, -0.25) is 4.98 Å². The van der Waals surface area contributed by atoms with Crippen LogP contribution in [-0.2, 0) is 29.5 Å². The van der Waals surface area contributed by atoms with E-state index in [1.165, 1.54) is 6.33 Å². The summed E-state index contributed by atoms with van der Waals surface area (Å²) >= 11 is 0. The Morgan fingerprint density at radius 3 is 2.53 bits per heavy atom. The van der Waals surface area contributed by atoms with E-state index in [4.69, 9.17) is 0 Å². The van der Waals surface area contributed by atoms with Gasteiger partial charge in [0.2, 0.25) is 0 Å². The molecule has 0 aliphatic carbocycles. The number of pyridine rings is 1. The number of aromatic nitrogens is 3. The Hall–Kier alpha value is -2.92. The number of aryl methyl sites for hydroxylation is 1. The summed E-state index contributed by atoms with van der Waals surface area (Å²) in [6, 6.07) is 10.2. The molecule has 170 valence electrons. The zero-order chi connectivity index (χ0) is 22.8. The average Bonchev–Trinajstić information content (AvgIpc) is 3.22. The minimum atomic E-state index is -5.49. The van der Waals surface area contributed by atoms with Crippen molar-refractivity contribution in [3.05, 3.63) is 78.1 Å². The quantitative estimate of drug-likeness (QED) is 0.603. The fraction of sp³-hybridized carbons (Fsp3) is 0.333. The zero-order valence-corrected chi connectivity index (χ0v) is 17.9. The lowest BCUT2D eigenvalue weighted by molar-refractivity contribution is -0.0492. The van der Waals surface area contributed by atoms with Gasteiger partial charge in [0, 0.05) is 43.4 Å². The second-order valence-electron chi connectivity index (χ2n) is 7.62. The lowest BCUT2D eigenvalue weighted by atomic mass is 10.0. The third kappa shape index (κ3) is 4.63. The number of rotatable bonds is 6. The third-order valence-corrected chi connectivity index (χ3v) is 7.09. The van der Waals surface area contributed by atoms with Gasteiger partial charge in [0.25, 0.3) is 0 Å². The van der Waals surface area contributed by atoms with Crippen LogP contribution >= 0.6 is 0 Å². The largest absolute Gasteiger partial charge is 0.511 e. The van der Waals surface area contributed by atoms with Gasteiger partial charge in [0.15, 0.2) is 0 Å². The Labute approximate surface area is 184 Å². The van der Waals surface area contributed by atoms with Crippen molar-refractivity contribution in [1.82, 2.24) is 19.3 Å². The van der Waals surface area contributed by atoms with E-state index in [1.54, 1.807) is 36.8 Å². The number of fused-ring (bicyclic) bond motifs is 1.